The van der Waals surface area contributed by atoms with Crippen molar-refractivity contribution in [3.8, 4) is 6.07 Å². The molecule has 0 saturated carbocycles. The summed E-state index contributed by atoms with van der Waals surface area (Å²) in [6.45, 7) is 3.26. The topological polar surface area (TPSA) is 101 Å². The molecule has 0 radical (unpaired) electrons. The van der Waals surface area contributed by atoms with Crippen LogP contribution in [-0.4, -0.2) is 35.0 Å². The average molecular weight is 448 g/mol. The predicted octanol–water partition coefficient (Wildman–Crippen LogP) is 3.75. The molecule has 1 aliphatic heterocycles. The zero-order valence-corrected chi connectivity index (χ0v) is 17.5. The molecule has 3 rings (SSSR count). The zero-order chi connectivity index (χ0) is 23.9. The van der Waals surface area contributed by atoms with Crippen LogP contribution in [0.3, 0.4) is 0 Å². The van der Waals surface area contributed by atoms with E-state index in [1.807, 2.05) is 6.07 Å². The van der Waals surface area contributed by atoms with E-state index >= 15 is 0 Å². The number of hydrogen-bond donors (Lipinski definition) is 1. The van der Waals surface area contributed by atoms with Crippen LogP contribution in [0.1, 0.15) is 46.6 Å². The molecule has 10 heteroatoms. The van der Waals surface area contributed by atoms with E-state index in [1.165, 1.54) is 31.3 Å². The highest BCUT2D eigenvalue weighted by atomic mass is 19.4. The van der Waals surface area contributed by atoms with E-state index in [0.29, 0.717) is 16.7 Å². The van der Waals surface area contributed by atoms with E-state index in [-0.39, 0.29) is 23.5 Å². The standard InChI is InChI=1S/C22H20F4N4O2/c1-12-6-14(9-27)10-29-18(12)17(31)8-13-4-5-16(23)15(7-13)20(2)11-32-21(3,19(28)30-20)22(24,25)26/h4-7,10H,8,11H2,1-3H3,(H2,28,30)/t20-,21+/m0/s1. The van der Waals surface area contributed by atoms with E-state index in [0.717, 1.165) is 13.0 Å². The van der Waals surface area contributed by atoms with Crippen molar-refractivity contribution in [1.29, 1.82) is 5.26 Å². The summed E-state index contributed by atoms with van der Waals surface area (Å²) in [4.78, 5) is 20.7. The molecule has 0 spiro atoms. The number of carbonyl (C=O) groups excluding carboxylic acids is 1. The van der Waals surface area contributed by atoms with Gasteiger partial charge in [0.15, 0.2) is 5.78 Å². The predicted molar refractivity (Wildman–Crippen MR) is 108 cm³/mol. The molecule has 6 nitrogen and oxygen atoms in total. The van der Waals surface area contributed by atoms with Crippen LogP contribution in [-0.2, 0) is 16.7 Å². The number of pyridine rings is 1. The third kappa shape index (κ3) is 4.08. The maximum absolute atomic E-state index is 14.6. The van der Waals surface area contributed by atoms with Gasteiger partial charge in [0.05, 0.1) is 12.2 Å². The van der Waals surface area contributed by atoms with Crippen LogP contribution in [0, 0.1) is 24.1 Å². The summed E-state index contributed by atoms with van der Waals surface area (Å²) in [6.07, 6.45) is -3.64. The molecule has 0 aliphatic carbocycles. The van der Waals surface area contributed by atoms with Crippen molar-refractivity contribution in [3.05, 3.63) is 64.2 Å². The van der Waals surface area contributed by atoms with Gasteiger partial charge in [-0.3, -0.25) is 14.8 Å². The summed E-state index contributed by atoms with van der Waals surface area (Å²) < 4.78 is 59.7. The Bertz CT molecular complexity index is 1160. The Kier molecular flexibility index (Phi) is 5.82. The number of alkyl halides is 3. The summed E-state index contributed by atoms with van der Waals surface area (Å²) in [5, 5.41) is 8.92. The normalized spacial score (nSPS) is 23.4. The van der Waals surface area contributed by atoms with Gasteiger partial charge >= 0.3 is 6.18 Å². The number of carbonyl (C=O) groups is 1. The SMILES string of the molecule is Cc1cc(C#N)cnc1C(=O)Cc1ccc(F)c([C@]2(C)CO[C@@](C)(C(F)(F)F)C(N)=N2)c1. The number of benzene rings is 1. The summed E-state index contributed by atoms with van der Waals surface area (Å²) in [5.41, 5.74) is 2.69. The molecule has 1 aromatic carbocycles. The van der Waals surface area contributed by atoms with E-state index in [4.69, 9.17) is 15.7 Å². The number of Topliss-reactive ketones (excluding diaryl/α,β-unsaturated/α-hetero) is 1. The number of aromatic nitrogens is 1. The van der Waals surface area contributed by atoms with Gasteiger partial charge in [0.25, 0.3) is 0 Å². The fraction of sp³-hybridized carbons (Fsp3) is 0.364. The van der Waals surface area contributed by atoms with Gasteiger partial charge in [-0.1, -0.05) is 6.07 Å². The van der Waals surface area contributed by atoms with Crippen molar-refractivity contribution in [1.82, 2.24) is 4.98 Å². The van der Waals surface area contributed by atoms with Crippen LogP contribution in [0.25, 0.3) is 0 Å². The minimum absolute atomic E-state index is 0.0421. The van der Waals surface area contributed by atoms with E-state index in [9.17, 15) is 22.4 Å². The number of nitrogens with two attached hydrogens (primary N) is 1. The number of ether oxygens (including phenoxy) is 1. The quantitative estimate of drug-likeness (QED) is 0.567. The number of nitrogens with zero attached hydrogens (tertiary/aromatic N) is 3. The molecule has 2 heterocycles. The number of nitriles is 1. The second kappa shape index (κ2) is 7.98. The molecule has 2 atom stereocenters. The second-order valence-corrected chi connectivity index (χ2v) is 8.01. The van der Waals surface area contributed by atoms with Gasteiger partial charge in [-0.2, -0.15) is 18.4 Å². The van der Waals surface area contributed by atoms with Crippen molar-refractivity contribution >= 4 is 11.6 Å². The molecule has 168 valence electrons. The molecule has 1 aliphatic rings. The van der Waals surface area contributed by atoms with Gasteiger partial charge in [0, 0.05) is 18.2 Å². The number of amidine groups is 1. The monoisotopic (exact) mass is 448 g/mol. The van der Waals surface area contributed by atoms with E-state index < -0.39 is 35.6 Å². The largest absolute Gasteiger partial charge is 0.424 e. The van der Waals surface area contributed by atoms with Gasteiger partial charge in [0.1, 0.15) is 29.0 Å². The van der Waals surface area contributed by atoms with Gasteiger partial charge in [-0.25, -0.2) is 4.39 Å². The highest BCUT2D eigenvalue weighted by molar-refractivity contribution is 5.97. The van der Waals surface area contributed by atoms with Gasteiger partial charge in [-0.05, 0) is 50.1 Å². The lowest BCUT2D eigenvalue weighted by Crippen LogP contribution is -2.60. The minimum Gasteiger partial charge on any atom is -0.385 e. The third-order valence-electron chi connectivity index (χ3n) is 5.49. The lowest BCUT2D eigenvalue weighted by Gasteiger charge is -2.41. The van der Waals surface area contributed by atoms with Crippen molar-refractivity contribution in [2.24, 2.45) is 10.7 Å². The number of aryl methyl sites for hydroxylation is 1. The lowest BCUT2D eigenvalue weighted by molar-refractivity contribution is -0.249. The Balaban J connectivity index is 1.93. The zero-order valence-electron chi connectivity index (χ0n) is 17.5. The molecule has 1 aromatic heterocycles. The Labute approximate surface area is 181 Å². The number of rotatable bonds is 4. The van der Waals surface area contributed by atoms with Gasteiger partial charge < -0.3 is 10.5 Å². The number of ketones is 1. The summed E-state index contributed by atoms with van der Waals surface area (Å²) in [5.74, 6) is -1.88. The molecular formula is C22H20F4N4O2. The first-order valence-electron chi connectivity index (χ1n) is 9.56. The van der Waals surface area contributed by atoms with Crippen LogP contribution in [0.2, 0.25) is 0 Å². The fourth-order valence-corrected chi connectivity index (χ4v) is 3.42. The van der Waals surface area contributed by atoms with Crippen molar-refractivity contribution < 1.29 is 27.1 Å². The number of halogens is 4. The molecule has 2 N–H and O–H groups in total. The summed E-state index contributed by atoms with van der Waals surface area (Å²) in [7, 11) is 0. The molecule has 0 amide bonds. The lowest BCUT2D eigenvalue weighted by atomic mass is 9.88. The van der Waals surface area contributed by atoms with Crippen LogP contribution in [0.15, 0.2) is 35.5 Å². The first-order chi connectivity index (χ1) is 14.8. The first kappa shape index (κ1) is 23.3. The Hall–Kier alpha value is -3.32. The maximum Gasteiger partial charge on any atom is 0.424 e. The molecule has 0 saturated heterocycles. The van der Waals surface area contributed by atoms with Crippen molar-refractivity contribution in [2.75, 3.05) is 6.61 Å². The molecule has 0 bridgehead atoms. The highest BCUT2D eigenvalue weighted by Crippen LogP contribution is 2.41. The van der Waals surface area contributed by atoms with Crippen molar-refractivity contribution in [3.63, 3.8) is 0 Å². The van der Waals surface area contributed by atoms with Crippen LogP contribution in [0.5, 0.6) is 0 Å². The Morgan fingerprint density at radius 3 is 2.56 bits per heavy atom. The molecule has 2 aromatic rings. The number of hydrogen-bond acceptors (Lipinski definition) is 6. The minimum atomic E-state index is -4.79. The molecule has 0 fully saturated rings. The van der Waals surface area contributed by atoms with Crippen LogP contribution >= 0.6 is 0 Å². The molecule has 0 unspecified atom stereocenters. The van der Waals surface area contributed by atoms with E-state index in [1.54, 1.807) is 6.92 Å². The van der Waals surface area contributed by atoms with Crippen LogP contribution in [0.4, 0.5) is 17.6 Å². The second-order valence-electron chi connectivity index (χ2n) is 8.01. The first-order valence-corrected chi connectivity index (χ1v) is 9.56. The van der Waals surface area contributed by atoms with Crippen molar-refractivity contribution in [2.45, 2.75) is 44.5 Å². The Morgan fingerprint density at radius 2 is 2.00 bits per heavy atom. The van der Waals surface area contributed by atoms with Crippen LogP contribution < -0.4 is 5.73 Å². The highest BCUT2D eigenvalue weighted by Gasteiger charge is 2.59. The fourth-order valence-electron chi connectivity index (χ4n) is 3.42. The summed E-state index contributed by atoms with van der Waals surface area (Å²) in [6, 6.07) is 7.35. The van der Waals surface area contributed by atoms with Gasteiger partial charge in [-0.15, -0.1) is 0 Å². The average Bonchev–Trinajstić information content (AvgIpc) is 2.71. The number of aliphatic imine (C=N–C) groups is 1. The maximum atomic E-state index is 14.6. The molecular weight excluding hydrogens is 428 g/mol. The summed E-state index contributed by atoms with van der Waals surface area (Å²) >= 11 is 0. The van der Waals surface area contributed by atoms with Gasteiger partial charge in [0.2, 0.25) is 5.60 Å². The molecule has 32 heavy (non-hydrogen) atoms. The Morgan fingerprint density at radius 1 is 1.31 bits per heavy atom. The van der Waals surface area contributed by atoms with E-state index in [2.05, 4.69) is 9.98 Å². The third-order valence-corrected chi connectivity index (χ3v) is 5.49. The smallest absolute Gasteiger partial charge is 0.385 e.